The SMILES string of the molecule is O=C(CNC(=O)OCC1c2ccccc2-c2ccccc21)NCCn1cc(C(=O)O)nn1. The summed E-state index contributed by atoms with van der Waals surface area (Å²) in [7, 11) is 0. The number of hydrogen-bond donors (Lipinski definition) is 3. The number of aromatic carboxylic acids is 1. The van der Waals surface area contributed by atoms with Gasteiger partial charge in [0.1, 0.15) is 6.61 Å². The highest BCUT2D eigenvalue weighted by Crippen LogP contribution is 2.44. The smallest absolute Gasteiger partial charge is 0.407 e. The molecule has 32 heavy (non-hydrogen) atoms. The molecular weight excluding hydrogens is 414 g/mol. The number of hydrogen-bond acceptors (Lipinski definition) is 6. The lowest BCUT2D eigenvalue weighted by Crippen LogP contribution is -2.38. The molecule has 1 heterocycles. The number of ether oxygens (including phenoxy) is 1. The Labute approximate surface area is 183 Å². The van der Waals surface area contributed by atoms with Crippen molar-refractivity contribution >= 4 is 18.0 Å². The molecule has 10 heteroatoms. The van der Waals surface area contributed by atoms with Crippen molar-refractivity contribution < 1.29 is 24.2 Å². The van der Waals surface area contributed by atoms with Crippen molar-refractivity contribution in [2.75, 3.05) is 19.7 Å². The van der Waals surface area contributed by atoms with Crippen LogP contribution in [0.15, 0.2) is 54.7 Å². The van der Waals surface area contributed by atoms with Crippen LogP contribution in [0.4, 0.5) is 4.79 Å². The van der Waals surface area contributed by atoms with Crippen LogP contribution in [0, 0.1) is 0 Å². The molecule has 0 saturated carbocycles. The Balaban J connectivity index is 1.21. The highest BCUT2D eigenvalue weighted by Gasteiger charge is 2.29. The molecule has 0 saturated heterocycles. The lowest BCUT2D eigenvalue weighted by atomic mass is 9.98. The number of carbonyl (C=O) groups is 3. The molecule has 3 N–H and O–H groups in total. The van der Waals surface area contributed by atoms with Gasteiger partial charge in [-0.3, -0.25) is 4.79 Å². The number of nitrogens with zero attached hydrogens (tertiary/aromatic N) is 3. The topological polar surface area (TPSA) is 135 Å². The summed E-state index contributed by atoms with van der Waals surface area (Å²) in [5, 5.41) is 21.0. The number of carbonyl (C=O) groups excluding carboxylic acids is 2. The largest absolute Gasteiger partial charge is 0.476 e. The van der Waals surface area contributed by atoms with Crippen molar-refractivity contribution in [1.82, 2.24) is 25.6 Å². The first-order valence-electron chi connectivity index (χ1n) is 10.0. The third-order valence-electron chi connectivity index (χ3n) is 5.16. The quantitative estimate of drug-likeness (QED) is 0.489. The highest BCUT2D eigenvalue weighted by atomic mass is 16.5. The molecule has 4 rings (SSSR count). The maximum absolute atomic E-state index is 12.1. The predicted molar refractivity (Wildman–Crippen MR) is 113 cm³/mol. The van der Waals surface area contributed by atoms with E-state index >= 15 is 0 Å². The minimum Gasteiger partial charge on any atom is -0.476 e. The van der Waals surface area contributed by atoms with Crippen molar-refractivity contribution in [2.45, 2.75) is 12.5 Å². The number of carboxylic acids is 1. The summed E-state index contributed by atoms with van der Waals surface area (Å²) in [6.45, 7) is 0.374. The summed E-state index contributed by atoms with van der Waals surface area (Å²) in [5.74, 6) is -1.63. The van der Waals surface area contributed by atoms with Gasteiger partial charge >= 0.3 is 12.1 Å². The van der Waals surface area contributed by atoms with Crippen LogP contribution in [0.5, 0.6) is 0 Å². The fraction of sp³-hybridized carbons (Fsp3) is 0.227. The van der Waals surface area contributed by atoms with Crippen molar-refractivity contribution in [1.29, 1.82) is 0 Å². The second kappa shape index (κ2) is 9.29. The van der Waals surface area contributed by atoms with Crippen molar-refractivity contribution in [3.05, 3.63) is 71.5 Å². The lowest BCUT2D eigenvalue weighted by molar-refractivity contribution is -0.120. The van der Waals surface area contributed by atoms with E-state index in [1.807, 2.05) is 36.4 Å². The molecule has 2 aromatic carbocycles. The van der Waals surface area contributed by atoms with Crippen LogP contribution in [0.1, 0.15) is 27.5 Å². The van der Waals surface area contributed by atoms with Gasteiger partial charge in [-0.05, 0) is 22.3 Å². The van der Waals surface area contributed by atoms with Crippen LogP contribution in [0.2, 0.25) is 0 Å². The molecular formula is C22H21N5O5. The van der Waals surface area contributed by atoms with Gasteiger partial charge in [0.2, 0.25) is 5.91 Å². The Kier molecular flexibility index (Phi) is 6.11. The number of rotatable bonds is 8. The molecule has 2 amide bonds. The molecule has 0 fully saturated rings. The third-order valence-corrected chi connectivity index (χ3v) is 5.16. The van der Waals surface area contributed by atoms with Crippen LogP contribution in [0.25, 0.3) is 11.1 Å². The number of aromatic nitrogens is 3. The van der Waals surface area contributed by atoms with Crippen molar-refractivity contribution in [3.63, 3.8) is 0 Å². The Hall–Kier alpha value is -4.21. The predicted octanol–water partition coefficient (Wildman–Crippen LogP) is 1.63. The molecule has 1 aliphatic rings. The summed E-state index contributed by atoms with van der Waals surface area (Å²) >= 11 is 0. The monoisotopic (exact) mass is 435 g/mol. The molecule has 10 nitrogen and oxygen atoms in total. The zero-order valence-electron chi connectivity index (χ0n) is 17.0. The summed E-state index contributed by atoms with van der Waals surface area (Å²) in [6.07, 6.45) is 0.591. The Morgan fingerprint density at radius 1 is 1.00 bits per heavy atom. The van der Waals surface area contributed by atoms with Crippen molar-refractivity contribution in [2.24, 2.45) is 0 Å². The standard InChI is InChI=1S/C22H21N5O5/c28-20(23-9-10-27-12-19(21(29)30)25-26-27)11-24-22(31)32-13-18-16-7-3-1-5-14(16)15-6-2-4-8-17(15)18/h1-8,12,18H,9-11,13H2,(H,23,28)(H,24,31)(H,29,30). The van der Waals surface area contributed by atoms with E-state index in [0.717, 1.165) is 22.3 Å². The summed E-state index contributed by atoms with van der Waals surface area (Å²) in [4.78, 5) is 34.8. The van der Waals surface area contributed by atoms with E-state index in [9.17, 15) is 14.4 Å². The van der Waals surface area contributed by atoms with E-state index in [0.29, 0.717) is 0 Å². The van der Waals surface area contributed by atoms with Crippen LogP contribution in [0.3, 0.4) is 0 Å². The van der Waals surface area contributed by atoms with Gasteiger partial charge in [-0.1, -0.05) is 53.7 Å². The van der Waals surface area contributed by atoms with E-state index in [1.165, 1.54) is 10.9 Å². The zero-order chi connectivity index (χ0) is 22.5. The highest BCUT2D eigenvalue weighted by molar-refractivity contribution is 5.84. The Morgan fingerprint density at radius 3 is 2.28 bits per heavy atom. The fourth-order valence-electron chi connectivity index (χ4n) is 3.68. The van der Waals surface area contributed by atoms with Crippen LogP contribution in [-0.4, -0.2) is 57.8 Å². The average Bonchev–Trinajstić information content (AvgIpc) is 3.39. The van der Waals surface area contributed by atoms with Crippen molar-refractivity contribution in [3.8, 4) is 11.1 Å². The van der Waals surface area contributed by atoms with Crippen LogP contribution >= 0.6 is 0 Å². The molecule has 0 spiro atoms. The minimum atomic E-state index is -1.17. The molecule has 0 aliphatic heterocycles. The second-order valence-electron chi connectivity index (χ2n) is 7.20. The summed E-state index contributed by atoms with van der Waals surface area (Å²) in [6, 6.07) is 16.1. The number of benzene rings is 2. The average molecular weight is 435 g/mol. The zero-order valence-corrected chi connectivity index (χ0v) is 17.0. The first-order valence-corrected chi connectivity index (χ1v) is 10.0. The van der Waals surface area contributed by atoms with Gasteiger partial charge in [-0.25, -0.2) is 14.3 Å². The van der Waals surface area contributed by atoms with Gasteiger partial charge in [0.25, 0.3) is 0 Å². The van der Waals surface area contributed by atoms with E-state index in [2.05, 4.69) is 33.1 Å². The normalized spacial score (nSPS) is 12.0. The van der Waals surface area contributed by atoms with E-state index in [4.69, 9.17) is 9.84 Å². The second-order valence-corrected chi connectivity index (χ2v) is 7.20. The van der Waals surface area contributed by atoms with Gasteiger partial charge in [0.05, 0.1) is 19.3 Å². The molecule has 0 unspecified atom stereocenters. The van der Waals surface area contributed by atoms with Gasteiger partial charge in [-0.15, -0.1) is 5.10 Å². The maximum atomic E-state index is 12.1. The van der Waals surface area contributed by atoms with Gasteiger partial charge in [0, 0.05) is 12.5 Å². The molecule has 164 valence electrons. The molecule has 3 aromatic rings. The molecule has 0 atom stereocenters. The Morgan fingerprint density at radius 2 is 1.66 bits per heavy atom. The first-order chi connectivity index (χ1) is 15.5. The Bertz CT molecular complexity index is 1110. The number of amides is 2. The number of nitrogens with one attached hydrogen (secondary N) is 2. The lowest BCUT2D eigenvalue weighted by Gasteiger charge is -2.14. The van der Waals surface area contributed by atoms with E-state index < -0.39 is 18.0 Å². The van der Waals surface area contributed by atoms with Gasteiger partial charge in [0.15, 0.2) is 5.69 Å². The number of alkyl carbamates (subject to hydrolysis) is 1. The molecule has 0 bridgehead atoms. The maximum Gasteiger partial charge on any atom is 0.407 e. The van der Waals surface area contributed by atoms with Gasteiger partial charge in [-0.2, -0.15) is 0 Å². The first kappa shape index (κ1) is 21.0. The van der Waals surface area contributed by atoms with Crippen LogP contribution in [-0.2, 0) is 16.1 Å². The summed E-state index contributed by atoms with van der Waals surface area (Å²) < 4.78 is 6.69. The summed E-state index contributed by atoms with van der Waals surface area (Å²) in [5.41, 5.74) is 4.32. The van der Waals surface area contributed by atoms with Crippen LogP contribution < -0.4 is 10.6 Å². The third kappa shape index (κ3) is 4.59. The number of carboxylic acid groups (broad SMARTS) is 1. The van der Waals surface area contributed by atoms with E-state index in [-0.39, 0.29) is 37.9 Å². The molecule has 1 aliphatic carbocycles. The molecule has 0 radical (unpaired) electrons. The van der Waals surface area contributed by atoms with E-state index in [1.54, 1.807) is 0 Å². The minimum absolute atomic E-state index is 0.0552. The number of fused-ring (bicyclic) bond motifs is 3. The molecule has 1 aromatic heterocycles. The fourth-order valence-corrected chi connectivity index (χ4v) is 3.68. The van der Waals surface area contributed by atoms with Gasteiger partial charge < -0.3 is 20.5 Å².